The summed E-state index contributed by atoms with van der Waals surface area (Å²) in [6, 6.07) is 10.6. The van der Waals surface area contributed by atoms with E-state index in [1.165, 1.54) is 5.69 Å². The van der Waals surface area contributed by atoms with Gasteiger partial charge in [0.05, 0.1) is 0 Å². The molecule has 0 aliphatic carbocycles. The van der Waals surface area contributed by atoms with Crippen LogP contribution in [0.5, 0.6) is 0 Å². The van der Waals surface area contributed by atoms with Crippen molar-refractivity contribution in [2.24, 2.45) is 0 Å². The second-order valence-corrected chi connectivity index (χ2v) is 12.4. The Kier molecular flexibility index (Phi) is 4.11. The molecule has 0 amide bonds. The van der Waals surface area contributed by atoms with E-state index in [2.05, 4.69) is 65.8 Å². The van der Waals surface area contributed by atoms with Crippen molar-refractivity contribution in [3.8, 4) is 0 Å². The Hall–Kier alpha value is -0.746. The zero-order chi connectivity index (χ0) is 14.1. The molecule has 1 fully saturated rings. The van der Waals surface area contributed by atoms with E-state index in [-0.39, 0.29) is 0 Å². The first kappa shape index (κ1) is 14.7. The molecule has 4 N–H and O–H groups in total. The molecule has 1 heterocycles. The molecule has 0 unspecified atom stereocenters. The van der Waals surface area contributed by atoms with Crippen molar-refractivity contribution < 1.29 is 0 Å². The average Bonchev–Trinajstić information content (AvgIpc) is 2.48. The Labute approximate surface area is 117 Å². The summed E-state index contributed by atoms with van der Waals surface area (Å²) in [7, 11) is 6.21. The lowest BCUT2D eigenvalue weighted by molar-refractivity contribution is 0.561. The van der Waals surface area contributed by atoms with Crippen LogP contribution in [0.25, 0.3) is 0 Å². The van der Waals surface area contributed by atoms with Crippen molar-refractivity contribution in [1.82, 2.24) is 24.2 Å². The van der Waals surface area contributed by atoms with Crippen LogP contribution in [0.2, 0.25) is 0 Å². The quantitative estimate of drug-likeness (QED) is 0.533. The molecular formula is C11H24N6Si2. The minimum atomic E-state index is -2.04. The molecule has 0 atom stereocenters. The van der Waals surface area contributed by atoms with Gasteiger partial charge in [-0.3, -0.25) is 24.2 Å². The van der Waals surface area contributed by atoms with Crippen molar-refractivity contribution in [2.45, 2.75) is 0 Å². The number of hydrogen-bond donors (Lipinski definition) is 4. The molecule has 0 spiro atoms. The van der Waals surface area contributed by atoms with Crippen molar-refractivity contribution >= 4 is 23.1 Å². The molecule has 0 bridgehead atoms. The van der Waals surface area contributed by atoms with Crippen molar-refractivity contribution in [1.29, 1.82) is 0 Å². The lowest BCUT2D eigenvalue weighted by Gasteiger charge is -2.67. The summed E-state index contributed by atoms with van der Waals surface area (Å²) < 4.78 is 4.97. The molecule has 1 aromatic carbocycles. The van der Waals surface area contributed by atoms with Crippen LogP contribution in [-0.2, 0) is 0 Å². The van der Waals surface area contributed by atoms with E-state index in [1.54, 1.807) is 0 Å². The molecule has 1 aromatic rings. The molecular weight excluding hydrogens is 272 g/mol. The number of anilines is 1. The Morgan fingerprint density at radius 2 is 1.21 bits per heavy atom. The van der Waals surface area contributed by atoms with Gasteiger partial charge in [-0.1, -0.05) is 18.2 Å². The summed E-state index contributed by atoms with van der Waals surface area (Å²) in [4.78, 5) is 14.1. The van der Waals surface area contributed by atoms with Crippen LogP contribution in [-0.4, -0.2) is 56.9 Å². The zero-order valence-electron chi connectivity index (χ0n) is 12.3. The van der Waals surface area contributed by atoms with Crippen LogP contribution in [0, 0.1) is 0 Å². The summed E-state index contributed by atoms with van der Waals surface area (Å²) in [5, 5.41) is 0. The number of rotatable bonds is 5. The number of para-hydroxylation sites is 1. The number of nitrogens with zero attached hydrogens (tertiary/aromatic N) is 2. The second-order valence-electron chi connectivity index (χ2n) is 4.57. The van der Waals surface area contributed by atoms with Gasteiger partial charge in [0.15, 0.2) is 0 Å². The Balaban J connectivity index is 2.50. The third-order valence-corrected chi connectivity index (χ3v) is 14.5. The first-order valence-corrected chi connectivity index (χ1v) is 10.3. The predicted molar refractivity (Wildman–Crippen MR) is 84.4 cm³/mol. The third kappa shape index (κ3) is 1.80. The maximum absolute atomic E-state index is 3.52. The van der Waals surface area contributed by atoms with Crippen LogP contribution in [0.4, 0.5) is 5.69 Å². The molecule has 1 aliphatic heterocycles. The van der Waals surface area contributed by atoms with Gasteiger partial charge in [-0.15, -0.1) is 0 Å². The smallest absolute Gasteiger partial charge is 0.352 e. The van der Waals surface area contributed by atoms with E-state index in [1.807, 2.05) is 28.2 Å². The molecule has 0 aromatic heterocycles. The van der Waals surface area contributed by atoms with E-state index >= 15 is 0 Å². The van der Waals surface area contributed by atoms with Gasteiger partial charge < -0.3 is 4.23 Å². The average molecular weight is 297 g/mol. The summed E-state index contributed by atoms with van der Waals surface area (Å²) >= 11 is 0. The standard InChI is InChI=1S/C11H24N6Si2/c1-12-18(13-2)16(5)19(14-3,15-4)17(18)11-9-7-6-8-10-11/h6-10,12-15H,1-5H3. The van der Waals surface area contributed by atoms with Crippen molar-refractivity contribution in [2.75, 3.05) is 39.5 Å². The van der Waals surface area contributed by atoms with E-state index in [9.17, 15) is 0 Å². The van der Waals surface area contributed by atoms with E-state index in [0.717, 1.165) is 0 Å². The summed E-state index contributed by atoms with van der Waals surface area (Å²) in [6.07, 6.45) is 0. The Morgan fingerprint density at radius 1 is 0.789 bits per heavy atom. The van der Waals surface area contributed by atoms with Crippen LogP contribution in [0.3, 0.4) is 0 Å². The lowest BCUT2D eigenvalue weighted by atomic mass is 10.3. The fraction of sp³-hybridized carbons (Fsp3) is 0.455. The molecule has 1 saturated heterocycles. The minimum Gasteiger partial charge on any atom is -0.352 e. The van der Waals surface area contributed by atoms with Gasteiger partial charge in [-0.05, 0) is 47.4 Å². The fourth-order valence-corrected chi connectivity index (χ4v) is 14.7. The number of benzene rings is 1. The van der Waals surface area contributed by atoms with E-state index < -0.39 is 17.4 Å². The summed E-state index contributed by atoms with van der Waals surface area (Å²) in [5.74, 6) is 0. The number of hydrogen-bond acceptors (Lipinski definition) is 6. The summed E-state index contributed by atoms with van der Waals surface area (Å²) in [6.45, 7) is 0. The van der Waals surface area contributed by atoms with Gasteiger partial charge in [0.1, 0.15) is 0 Å². The first-order valence-electron chi connectivity index (χ1n) is 6.48. The van der Waals surface area contributed by atoms with Gasteiger partial charge in [-0.25, -0.2) is 0 Å². The second kappa shape index (κ2) is 5.33. The highest BCUT2D eigenvalue weighted by atomic mass is 28.5. The first-order chi connectivity index (χ1) is 9.12. The predicted octanol–water partition coefficient (Wildman–Crippen LogP) is -0.813. The van der Waals surface area contributed by atoms with Crippen molar-refractivity contribution in [3.05, 3.63) is 30.3 Å². The largest absolute Gasteiger partial charge is 0.393 e. The number of nitrogens with one attached hydrogen (secondary N) is 4. The molecule has 19 heavy (non-hydrogen) atoms. The molecule has 0 saturated carbocycles. The van der Waals surface area contributed by atoms with Gasteiger partial charge >= 0.3 is 17.4 Å². The maximum atomic E-state index is 3.52. The Morgan fingerprint density at radius 3 is 1.58 bits per heavy atom. The summed E-state index contributed by atoms with van der Waals surface area (Å²) in [5.41, 5.74) is 1.24. The zero-order valence-corrected chi connectivity index (χ0v) is 14.3. The lowest BCUT2D eigenvalue weighted by Crippen LogP contribution is -3.07. The van der Waals surface area contributed by atoms with Gasteiger partial charge in [-0.2, -0.15) is 0 Å². The van der Waals surface area contributed by atoms with Crippen LogP contribution in [0.15, 0.2) is 30.3 Å². The fourth-order valence-electron chi connectivity index (χ4n) is 3.04. The molecule has 106 valence electrons. The van der Waals surface area contributed by atoms with Crippen LogP contribution in [0.1, 0.15) is 0 Å². The van der Waals surface area contributed by atoms with Gasteiger partial charge in [0, 0.05) is 5.69 Å². The topological polar surface area (TPSA) is 54.6 Å². The highest BCUT2D eigenvalue weighted by molar-refractivity contribution is 7.10. The molecule has 0 radical (unpaired) electrons. The Bertz CT molecular complexity index is 400. The van der Waals surface area contributed by atoms with Crippen LogP contribution < -0.4 is 24.2 Å². The molecule has 6 nitrogen and oxygen atoms in total. The van der Waals surface area contributed by atoms with Gasteiger partial charge in [0.2, 0.25) is 0 Å². The monoisotopic (exact) mass is 296 g/mol. The molecule has 2 rings (SSSR count). The highest BCUT2D eigenvalue weighted by Crippen LogP contribution is 2.34. The normalized spacial score (nSPS) is 21.2. The van der Waals surface area contributed by atoms with E-state index in [4.69, 9.17) is 0 Å². The van der Waals surface area contributed by atoms with Gasteiger partial charge in [0.25, 0.3) is 0 Å². The maximum Gasteiger partial charge on any atom is 0.393 e. The van der Waals surface area contributed by atoms with Crippen molar-refractivity contribution in [3.63, 3.8) is 0 Å². The minimum absolute atomic E-state index is 1.24. The third-order valence-electron chi connectivity index (χ3n) is 4.03. The molecule has 8 heteroatoms. The SMILES string of the molecule is CN[Si]1(NC)N(C)[Si](NC)(NC)N1c1ccccc1. The van der Waals surface area contributed by atoms with Crippen LogP contribution >= 0.6 is 0 Å². The highest BCUT2D eigenvalue weighted by Gasteiger charge is 2.71. The van der Waals surface area contributed by atoms with E-state index in [0.29, 0.717) is 0 Å². The molecule has 1 aliphatic rings.